The van der Waals surface area contributed by atoms with E-state index in [0.717, 1.165) is 6.54 Å². The average Bonchev–Trinajstić information content (AvgIpc) is 2.06. The largest absolute Gasteiger partial charge is 0.454 e. The highest BCUT2D eigenvalue weighted by Gasteiger charge is 2.26. The van der Waals surface area contributed by atoms with Crippen LogP contribution in [0, 0.1) is 7.05 Å². The first-order valence-corrected chi connectivity index (χ1v) is 5.34. The molecule has 0 aromatic heterocycles. The molecule has 1 rings (SSSR count). The summed E-state index contributed by atoms with van der Waals surface area (Å²) in [5, 5.41) is 0. The second-order valence-electron chi connectivity index (χ2n) is 5.09. The van der Waals surface area contributed by atoms with Gasteiger partial charge in [0, 0.05) is 13.1 Å². The minimum absolute atomic E-state index is 0.220. The van der Waals surface area contributed by atoms with E-state index in [9.17, 15) is 4.79 Å². The Morgan fingerprint density at radius 1 is 1.40 bits per heavy atom. The molecule has 0 N–H and O–H groups in total. The molecule has 1 unspecified atom stereocenters. The van der Waals surface area contributed by atoms with Gasteiger partial charge in [-0.1, -0.05) is 6.92 Å². The molecule has 0 bridgehead atoms. The van der Waals surface area contributed by atoms with Crippen molar-refractivity contribution >= 4 is 6.09 Å². The highest BCUT2D eigenvalue weighted by Crippen LogP contribution is 2.13. The van der Waals surface area contributed by atoms with Gasteiger partial charge in [-0.05, 0) is 33.4 Å². The zero-order valence-corrected chi connectivity index (χ0v) is 10.1. The lowest BCUT2D eigenvalue weighted by Gasteiger charge is -2.42. The molecule has 4 heteroatoms. The van der Waals surface area contributed by atoms with Gasteiger partial charge in [-0.25, -0.2) is 4.79 Å². The van der Waals surface area contributed by atoms with Crippen molar-refractivity contribution in [3.8, 4) is 0 Å². The number of carbonyl (C=O) groups is 1. The van der Waals surface area contributed by atoms with E-state index in [2.05, 4.69) is 14.0 Å². The fourth-order valence-corrected chi connectivity index (χ4v) is 1.49. The molecule has 88 valence electrons. The summed E-state index contributed by atoms with van der Waals surface area (Å²) < 4.78 is 5.31. The van der Waals surface area contributed by atoms with Gasteiger partial charge in [-0.3, -0.25) is 7.05 Å². The van der Waals surface area contributed by atoms with Gasteiger partial charge in [0.25, 0.3) is 0 Å². The summed E-state index contributed by atoms with van der Waals surface area (Å²) in [5.74, 6) is 0. The highest BCUT2D eigenvalue weighted by atomic mass is 16.6. The van der Waals surface area contributed by atoms with E-state index in [1.165, 1.54) is 0 Å². The van der Waals surface area contributed by atoms with Gasteiger partial charge in [0.1, 0.15) is 5.60 Å². The van der Waals surface area contributed by atoms with Crippen molar-refractivity contribution in [3.05, 3.63) is 7.05 Å². The van der Waals surface area contributed by atoms with Gasteiger partial charge in [0.05, 0.1) is 0 Å². The second-order valence-corrected chi connectivity index (χ2v) is 5.09. The van der Waals surface area contributed by atoms with Crippen LogP contribution < -0.4 is 0 Å². The quantitative estimate of drug-likeness (QED) is 0.574. The fourth-order valence-electron chi connectivity index (χ4n) is 1.49. The zero-order chi connectivity index (χ0) is 11.6. The summed E-state index contributed by atoms with van der Waals surface area (Å²) >= 11 is 0. The van der Waals surface area contributed by atoms with Crippen molar-refractivity contribution in [3.63, 3.8) is 0 Å². The van der Waals surface area contributed by atoms with Gasteiger partial charge in [0.15, 0.2) is 0 Å². The van der Waals surface area contributed by atoms with E-state index in [4.69, 9.17) is 4.74 Å². The average molecular weight is 213 g/mol. The summed E-state index contributed by atoms with van der Waals surface area (Å²) in [5.41, 5.74) is -0.415. The first kappa shape index (κ1) is 12.3. The lowest BCUT2D eigenvalue weighted by Crippen LogP contribution is -2.52. The molecular weight excluding hydrogens is 192 g/mol. The van der Waals surface area contributed by atoms with Crippen LogP contribution in [0.5, 0.6) is 0 Å². The Hall–Kier alpha value is -0.770. The minimum Gasteiger partial charge on any atom is -0.454 e. The van der Waals surface area contributed by atoms with Crippen molar-refractivity contribution in [1.82, 2.24) is 9.80 Å². The third kappa shape index (κ3) is 3.70. The van der Waals surface area contributed by atoms with Gasteiger partial charge in [0.2, 0.25) is 0 Å². The minimum atomic E-state index is -0.415. The Morgan fingerprint density at radius 2 is 2.00 bits per heavy atom. The third-order valence-corrected chi connectivity index (χ3v) is 2.42. The molecule has 0 spiro atoms. The molecule has 1 heterocycles. The predicted molar refractivity (Wildman–Crippen MR) is 59.3 cm³/mol. The number of hydrogen-bond acceptors (Lipinski definition) is 3. The fraction of sp³-hybridized carbons (Fsp3) is 0.818. The van der Waals surface area contributed by atoms with Crippen LogP contribution in [0.1, 0.15) is 27.7 Å². The molecule has 0 aromatic carbocycles. The molecule has 1 aliphatic rings. The summed E-state index contributed by atoms with van der Waals surface area (Å²) in [6, 6.07) is 0.297. The van der Waals surface area contributed by atoms with Crippen LogP contribution in [0.4, 0.5) is 4.79 Å². The van der Waals surface area contributed by atoms with Crippen LogP contribution in [0.3, 0.4) is 0 Å². The summed E-state index contributed by atoms with van der Waals surface area (Å²) in [6.45, 7) is 9.90. The van der Waals surface area contributed by atoms with E-state index >= 15 is 0 Å². The van der Waals surface area contributed by atoms with Crippen LogP contribution in [0.25, 0.3) is 0 Å². The van der Waals surface area contributed by atoms with E-state index in [1.807, 2.05) is 25.7 Å². The van der Waals surface area contributed by atoms with Crippen molar-refractivity contribution in [2.24, 2.45) is 0 Å². The van der Waals surface area contributed by atoms with E-state index in [0.29, 0.717) is 19.1 Å². The number of hydrogen-bond donors (Lipinski definition) is 0. The molecule has 0 aliphatic carbocycles. The Kier molecular flexibility index (Phi) is 3.60. The maximum atomic E-state index is 11.7. The molecule has 0 aromatic rings. The lowest BCUT2D eigenvalue weighted by atomic mass is 10.2. The number of ether oxygens (including phenoxy) is 1. The Labute approximate surface area is 92.2 Å². The van der Waals surface area contributed by atoms with Crippen LogP contribution in [-0.2, 0) is 4.74 Å². The van der Waals surface area contributed by atoms with Crippen LogP contribution in [-0.4, -0.2) is 47.2 Å². The zero-order valence-electron chi connectivity index (χ0n) is 10.1. The number of nitrogens with zero attached hydrogens (tertiary/aromatic N) is 2. The monoisotopic (exact) mass is 213 g/mol. The highest BCUT2D eigenvalue weighted by molar-refractivity contribution is 5.68. The second kappa shape index (κ2) is 4.39. The van der Waals surface area contributed by atoms with Gasteiger partial charge in [-0.15, -0.1) is 0 Å². The summed E-state index contributed by atoms with van der Waals surface area (Å²) in [4.78, 5) is 15.5. The Bertz CT molecular complexity index is 235. The summed E-state index contributed by atoms with van der Waals surface area (Å²) in [6.07, 6.45) is -0.220. The van der Waals surface area contributed by atoms with Gasteiger partial charge in [-0.2, -0.15) is 0 Å². The topological polar surface area (TPSA) is 32.8 Å². The first-order valence-electron chi connectivity index (χ1n) is 5.34. The first-order chi connectivity index (χ1) is 6.79. The maximum Gasteiger partial charge on any atom is 0.410 e. The molecule has 1 atom stereocenters. The number of carbonyl (C=O) groups excluding carboxylic acids is 1. The molecule has 4 nitrogen and oxygen atoms in total. The third-order valence-electron chi connectivity index (χ3n) is 2.42. The van der Waals surface area contributed by atoms with Gasteiger partial charge >= 0.3 is 6.09 Å². The molecule has 1 fully saturated rings. The molecular formula is C11H21N2O2-. The molecule has 1 saturated heterocycles. The van der Waals surface area contributed by atoms with Crippen molar-refractivity contribution in [2.75, 3.05) is 19.6 Å². The van der Waals surface area contributed by atoms with Crippen LogP contribution in [0.2, 0.25) is 0 Å². The number of piperazine rings is 1. The molecule has 0 radical (unpaired) electrons. The van der Waals surface area contributed by atoms with Crippen molar-refractivity contribution < 1.29 is 9.53 Å². The molecule has 15 heavy (non-hydrogen) atoms. The Balaban J connectivity index is 2.48. The molecule has 0 saturated carbocycles. The van der Waals surface area contributed by atoms with Crippen molar-refractivity contribution in [1.29, 1.82) is 0 Å². The SMILES string of the molecule is [CH2-]N1CCN(C(=O)OC(C)(C)C)CC1C. The molecule has 1 aliphatic heterocycles. The van der Waals surface area contributed by atoms with Crippen LogP contribution >= 0.6 is 0 Å². The molecule has 1 amide bonds. The van der Waals surface area contributed by atoms with E-state index in [1.54, 1.807) is 4.90 Å². The standard InChI is InChI=1S/C11H21N2O2/c1-9-8-13(7-6-12(9)5)10(14)15-11(2,3)4/h9H,5-8H2,1-4H3/q-1. The van der Waals surface area contributed by atoms with Crippen molar-refractivity contribution in [2.45, 2.75) is 39.3 Å². The number of rotatable bonds is 0. The normalized spacial score (nSPS) is 24.1. The van der Waals surface area contributed by atoms with Crippen LogP contribution in [0.15, 0.2) is 0 Å². The predicted octanol–water partition coefficient (Wildman–Crippen LogP) is 1.72. The maximum absolute atomic E-state index is 11.7. The van der Waals surface area contributed by atoms with E-state index < -0.39 is 5.60 Å². The smallest absolute Gasteiger partial charge is 0.410 e. The Morgan fingerprint density at radius 3 is 2.47 bits per heavy atom. The van der Waals surface area contributed by atoms with E-state index in [-0.39, 0.29) is 6.09 Å². The lowest BCUT2D eigenvalue weighted by molar-refractivity contribution is 0.0112. The summed E-state index contributed by atoms with van der Waals surface area (Å²) in [7, 11) is 3.90. The van der Waals surface area contributed by atoms with Gasteiger partial charge < -0.3 is 14.5 Å². The number of amides is 1.